The van der Waals surface area contributed by atoms with Gasteiger partial charge in [-0.2, -0.15) is 0 Å². The summed E-state index contributed by atoms with van der Waals surface area (Å²) in [6, 6.07) is 16.1. The molecule has 1 saturated heterocycles. The van der Waals surface area contributed by atoms with Crippen LogP contribution in [0.5, 0.6) is 0 Å². The number of fused-ring (bicyclic) bond motifs is 2. The Morgan fingerprint density at radius 3 is 2.24 bits per heavy atom. The van der Waals surface area contributed by atoms with Crippen molar-refractivity contribution in [3.63, 3.8) is 0 Å². The molecule has 0 N–H and O–H groups in total. The van der Waals surface area contributed by atoms with Crippen LogP contribution < -0.4 is 5.56 Å². The molecule has 5 nitrogen and oxygen atoms in total. The summed E-state index contributed by atoms with van der Waals surface area (Å²) >= 11 is 0. The Kier molecular flexibility index (Phi) is 7.44. The predicted octanol–water partition coefficient (Wildman–Crippen LogP) is 5.45. The fourth-order valence-electron chi connectivity index (χ4n) is 4.25. The highest BCUT2D eigenvalue weighted by Crippen LogP contribution is 2.23. The first-order chi connectivity index (χ1) is 16.3. The minimum atomic E-state index is -0.317. The normalized spacial score (nSPS) is 15.6. The molecule has 1 aliphatic carbocycles. The molecule has 0 unspecified atom stereocenters. The van der Waals surface area contributed by atoms with Crippen LogP contribution in [0.15, 0.2) is 59.4 Å². The van der Waals surface area contributed by atoms with Crippen LogP contribution in [0, 0.1) is 0 Å². The fraction of sp³-hybridized carbons (Fsp3) is 0.379. The van der Waals surface area contributed by atoms with E-state index < -0.39 is 0 Å². The van der Waals surface area contributed by atoms with E-state index in [4.69, 9.17) is 9.47 Å². The van der Waals surface area contributed by atoms with Crippen molar-refractivity contribution in [2.75, 3.05) is 13.2 Å². The lowest BCUT2D eigenvalue weighted by Gasteiger charge is -2.15. The molecule has 5 heteroatoms. The lowest BCUT2D eigenvalue weighted by Crippen LogP contribution is -2.26. The number of allylic oxidation sites excluding steroid dienone is 1. The number of ether oxygens (including phenoxy) is 2. The van der Waals surface area contributed by atoms with E-state index in [1.165, 1.54) is 16.7 Å². The van der Waals surface area contributed by atoms with E-state index in [1.807, 2.05) is 18.2 Å². The first-order valence-electron chi connectivity index (χ1n) is 12.0. The van der Waals surface area contributed by atoms with Crippen LogP contribution in [0.2, 0.25) is 0 Å². The zero-order valence-corrected chi connectivity index (χ0v) is 20.4. The number of hydrogen-bond donors (Lipinski definition) is 0. The van der Waals surface area contributed by atoms with E-state index in [1.54, 1.807) is 16.7 Å². The lowest BCUT2D eigenvalue weighted by atomic mass is 9.92. The van der Waals surface area contributed by atoms with Gasteiger partial charge in [0.15, 0.2) is 12.1 Å². The molecule has 0 bridgehead atoms. The third-order valence-corrected chi connectivity index (χ3v) is 6.35. The van der Waals surface area contributed by atoms with Gasteiger partial charge in [0, 0.05) is 12.5 Å². The topological polar surface area (TPSA) is 57.5 Å². The molecule has 0 spiro atoms. The number of aromatic nitrogens is 1. The summed E-state index contributed by atoms with van der Waals surface area (Å²) in [6.45, 7) is 10.3. The summed E-state index contributed by atoms with van der Waals surface area (Å²) in [5.74, 6) is 1.22. The highest BCUT2D eigenvalue weighted by Gasteiger charge is 2.18. The van der Waals surface area contributed by atoms with Crippen molar-refractivity contribution >= 4 is 22.8 Å². The first kappa shape index (κ1) is 24.1. The largest absolute Gasteiger partial charge is 0.348 e. The third-order valence-electron chi connectivity index (χ3n) is 6.35. The zero-order valence-electron chi connectivity index (χ0n) is 20.4. The van der Waals surface area contributed by atoms with Crippen LogP contribution in [0.4, 0.5) is 0 Å². The number of carbonyl (C=O) groups excluding carboxylic acids is 1. The van der Waals surface area contributed by atoms with Gasteiger partial charge in [-0.05, 0) is 63.8 Å². The second-order valence-electron chi connectivity index (χ2n) is 9.52. The molecule has 0 radical (unpaired) electrons. The molecule has 2 aliphatic rings. The predicted molar refractivity (Wildman–Crippen MR) is 136 cm³/mol. The number of pyridine rings is 1. The molecular weight excluding hydrogens is 426 g/mol. The monoisotopic (exact) mass is 459 g/mol. The van der Waals surface area contributed by atoms with E-state index in [9.17, 15) is 9.59 Å². The molecule has 0 saturated carbocycles. The number of benzene rings is 2. The number of ketones is 1. The summed E-state index contributed by atoms with van der Waals surface area (Å²) in [6.07, 6.45) is 3.84. The van der Waals surface area contributed by atoms with E-state index in [0.29, 0.717) is 38.0 Å². The van der Waals surface area contributed by atoms with Crippen molar-refractivity contribution in [2.45, 2.75) is 58.8 Å². The van der Waals surface area contributed by atoms with E-state index >= 15 is 0 Å². The van der Waals surface area contributed by atoms with Gasteiger partial charge in [-0.3, -0.25) is 9.59 Å². The summed E-state index contributed by atoms with van der Waals surface area (Å²) in [5.41, 5.74) is 5.88. The minimum absolute atomic E-state index is 0.0195. The highest BCUT2D eigenvalue weighted by atomic mass is 16.7. The summed E-state index contributed by atoms with van der Waals surface area (Å²) < 4.78 is 12.6. The first-order valence-corrected chi connectivity index (χ1v) is 12.0. The Bertz CT molecular complexity index is 1260. The van der Waals surface area contributed by atoms with Gasteiger partial charge >= 0.3 is 0 Å². The maximum atomic E-state index is 12.1. The minimum Gasteiger partial charge on any atom is -0.348 e. The van der Waals surface area contributed by atoms with Gasteiger partial charge in [0.25, 0.3) is 5.56 Å². The quantitative estimate of drug-likeness (QED) is 0.521. The van der Waals surface area contributed by atoms with Crippen LogP contribution >= 0.6 is 0 Å². The smallest absolute Gasteiger partial charge is 0.251 e. The van der Waals surface area contributed by atoms with Gasteiger partial charge in [-0.15, -0.1) is 0 Å². The average Bonchev–Trinajstić information content (AvgIpc) is 3.34. The van der Waals surface area contributed by atoms with Gasteiger partial charge in [-0.25, -0.2) is 0 Å². The number of carbonyl (C=O) groups is 1. The van der Waals surface area contributed by atoms with E-state index in [-0.39, 0.29) is 17.6 Å². The summed E-state index contributed by atoms with van der Waals surface area (Å²) in [4.78, 5) is 23.2. The Morgan fingerprint density at radius 2 is 1.53 bits per heavy atom. The van der Waals surface area contributed by atoms with Crippen molar-refractivity contribution in [3.05, 3.63) is 87.2 Å². The van der Waals surface area contributed by atoms with Crippen molar-refractivity contribution < 1.29 is 14.3 Å². The van der Waals surface area contributed by atoms with Crippen molar-refractivity contribution in [2.24, 2.45) is 0 Å². The zero-order chi connectivity index (χ0) is 24.2. The molecule has 1 aliphatic heterocycles. The van der Waals surface area contributed by atoms with E-state index in [0.717, 1.165) is 16.5 Å². The molecule has 3 aromatic rings. The number of rotatable bonds is 4. The Morgan fingerprint density at radius 1 is 0.853 bits per heavy atom. The standard InChI is InChI=1S/C16H19NO3.C13H14O/c1-11(2)12-3-5-14-13(9-12)4-6-15(18)17(14)10-16-19-7-8-20-16;1-9(2)10-3-4-12-8-13(14)6-5-11(12)7-10/h3-6,9,11,16H,7-8,10H2,1-2H3;3-7,9H,8H2,1-2H3. The van der Waals surface area contributed by atoms with Gasteiger partial charge in [0.2, 0.25) is 0 Å². The molecule has 2 heterocycles. The van der Waals surface area contributed by atoms with Crippen molar-refractivity contribution in [3.8, 4) is 0 Å². The van der Waals surface area contributed by atoms with Crippen LogP contribution in [0.3, 0.4) is 0 Å². The van der Waals surface area contributed by atoms with E-state index in [2.05, 4.69) is 58.0 Å². The van der Waals surface area contributed by atoms with Gasteiger partial charge < -0.3 is 14.0 Å². The van der Waals surface area contributed by atoms with Gasteiger partial charge in [-0.1, -0.05) is 58.0 Å². The highest BCUT2D eigenvalue weighted by molar-refractivity contribution is 5.98. The summed E-state index contributed by atoms with van der Waals surface area (Å²) in [5, 5.41) is 1.08. The molecule has 0 atom stereocenters. The maximum Gasteiger partial charge on any atom is 0.251 e. The summed E-state index contributed by atoms with van der Waals surface area (Å²) in [7, 11) is 0. The molecule has 1 aromatic heterocycles. The molecular formula is C29H33NO4. The Balaban J connectivity index is 0.000000172. The second-order valence-corrected chi connectivity index (χ2v) is 9.52. The number of nitrogens with zero attached hydrogens (tertiary/aromatic N) is 1. The third kappa shape index (κ3) is 5.54. The van der Waals surface area contributed by atoms with Crippen LogP contribution in [0.1, 0.15) is 61.8 Å². The van der Waals surface area contributed by atoms with Crippen LogP contribution in [-0.2, 0) is 27.2 Å². The Hall–Kier alpha value is -3.02. The molecule has 34 heavy (non-hydrogen) atoms. The second kappa shape index (κ2) is 10.5. The van der Waals surface area contributed by atoms with Crippen LogP contribution in [-0.4, -0.2) is 29.9 Å². The SMILES string of the molecule is CC(C)c1ccc2c(c1)C=CC(=O)C2.CC(C)c1ccc2c(ccc(=O)n2CC2OCCO2)c1. The lowest BCUT2D eigenvalue weighted by molar-refractivity contribution is -0.114. The molecule has 2 aromatic carbocycles. The van der Waals surface area contributed by atoms with Gasteiger partial charge in [0.1, 0.15) is 0 Å². The Labute approximate surface area is 201 Å². The van der Waals surface area contributed by atoms with Crippen LogP contribution in [0.25, 0.3) is 17.0 Å². The molecule has 5 rings (SSSR count). The molecule has 178 valence electrons. The van der Waals surface area contributed by atoms with Gasteiger partial charge in [0.05, 0.1) is 25.3 Å². The number of hydrogen-bond acceptors (Lipinski definition) is 4. The fourth-order valence-corrected chi connectivity index (χ4v) is 4.25. The molecule has 0 amide bonds. The average molecular weight is 460 g/mol. The molecule has 1 fully saturated rings. The van der Waals surface area contributed by atoms with Crippen molar-refractivity contribution in [1.29, 1.82) is 0 Å². The van der Waals surface area contributed by atoms with Crippen molar-refractivity contribution in [1.82, 2.24) is 4.57 Å². The maximum absolute atomic E-state index is 12.1.